The van der Waals surface area contributed by atoms with E-state index in [0.717, 1.165) is 0 Å². The Morgan fingerprint density at radius 1 is 0.914 bits per heavy atom. The minimum absolute atomic E-state index is 0. The number of rotatable bonds is 8. The van der Waals surface area contributed by atoms with Crippen molar-refractivity contribution < 1.29 is 14.4 Å². The van der Waals surface area contributed by atoms with Gasteiger partial charge in [-0.25, -0.2) is 0 Å². The number of nitrogens with zero attached hydrogens (tertiary/aromatic N) is 5. The third-order valence-corrected chi connectivity index (χ3v) is 4.80. The molecule has 9 N–H and O–H groups in total. The Balaban J connectivity index is 0.00000432. The summed E-state index contributed by atoms with van der Waals surface area (Å²) in [5, 5.41) is 12.2. The zero-order valence-corrected chi connectivity index (χ0v) is 20.2. The number of hydrogen-bond acceptors (Lipinski definition) is 6. The van der Waals surface area contributed by atoms with Crippen molar-refractivity contribution in [1.82, 2.24) is 24.2 Å². The molecule has 14 nitrogen and oxygen atoms in total. The fourth-order valence-electron chi connectivity index (χ4n) is 3.24. The lowest BCUT2D eigenvalue weighted by Gasteiger charge is -2.03. The number of nitrogens with two attached hydrogens (primary N) is 3. The zero-order chi connectivity index (χ0) is 25.0. The largest absolute Gasteiger partial charge is 0.397 e. The van der Waals surface area contributed by atoms with Crippen molar-refractivity contribution in [3.63, 3.8) is 0 Å². The average Bonchev–Trinajstić information content (AvgIpc) is 3.41. The third kappa shape index (κ3) is 6.54. The minimum Gasteiger partial charge on any atom is -0.397 e. The monoisotopic (exact) mass is 505 g/mol. The Bertz CT molecular complexity index is 1270. The van der Waals surface area contributed by atoms with Gasteiger partial charge in [0.05, 0.1) is 17.9 Å². The zero-order valence-electron chi connectivity index (χ0n) is 19.4. The number of guanidine groups is 1. The minimum atomic E-state index is -0.469. The highest BCUT2D eigenvalue weighted by Crippen LogP contribution is 2.17. The van der Waals surface area contributed by atoms with E-state index in [1.807, 2.05) is 0 Å². The Kier molecular flexibility index (Phi) is 8.50. The van der Waals surface area contributed by atoms with E-state index in [1.165, 1.54) is 16.8 Å². The van der Waals surface area contributed by atoms with Gasteiger partial charge in [0.1, 0.15) is 17.1 Å². The first-order valence-electron chi connectivity index (χ1n) is 10.1. The Labute approximate surface area is 206 Å². The van der Waals surface area contributed by atoms with Crippen LogP contribution in [-0.4, -0.2) is 55.7 Å². The van der Waals surface area contributed by atoms with Crippen molar-refractivity contribution in [1.29, 1.82) is 0 Å². The number of aryl methyl sites for hydroxylation is 3. The van der Waals surface area contributed by atoms with Crippen LogP contribution in [0, 0.1) is 0 Å². The lowest BCUT2D eigenvalue weighted by molar-refractivity contribution is 0.0943. The molecule has 0 spiro atoms. The van der Waals surface area contributed by atoms with Crippen molar-refractivity contribution in [3.8, 4) is 0 Å². The summed E-state index contributed by atoms with van der Waals surface area (Å²) in [5.74, 6) is -1.10. The first-order valence-corrected chi connectivity index (χ1v) is 10.1. The van der Waals surface area contributed by atoms with E-state index >= 15 is 0 Å². The molecule has 0 aliphatic rings. The highest BCUT2D eigenvalue weighted by atomic mass is 35.5. The van der Waals surface area contributed by atoms with Crippen LogP contribution >= 0.6 is 12.4 Å². The van der Waals surface area contributed by atoms with Crippen LogP contribution < -0.4 is 33.2 Å². The number of halogens is 1. The molecule has 0 atom stereocenters. The van der Waals surface area contributed by atoms with E-state index in [1.54, 1.807) is 48.7 Å². The van der Waals surface area contributed by atoms with Crippen molar-refractivity contribution in [3.05, 3.63) is 47.7 Å². The highest BCUT2D eigenvalue weighted by Gasteiger charge is 2.18. The van der Waals surface area contributed by atoms with Crippen LogP contribution in [0.25, 0.3) is 0 Å². The van der Waals surface area contributed by atoms with Gasteiger partial charge >= 0.3 is 0 Å². The van der Waals surface area contributed by atoms with Crippen LogP contribution in [-0.2, 0) is 21.1 Å². The third-order valence-electron chi connectivity index (χ3n) is 4.80. The molecule has 0 unspecified atom stereocenters. The van der Waals surface area contributed by atoms with E-state index < -0.39 is 11.8 Å². The summed E-state index contributed by atoms with van der Waals surface area (Å²) in [4.78, 5) is 41.4. The van der Waals surface area contributed by atoms with Gasteiger partial charge in [-0.2, -0.15) is 5.10 Å². The molecule has 3 aromatic heterocycles. The maximum Gasteiger partial charge on any atom is 0.273 e. The van der Waals surface area contributed by atoms with Crippen molar-refractivity contribution >= 4 is 53.3 Å². The second-order valence-electron chi connectivity index (χ2n) is 7.50. The topological polar surface area (TPSA) is 205 Å². The molecule has 15 heteroatoms. The van der Waals surface area contributed by atoms with Crippen LogP contribution in [0.2, 0.25) is 0 Å². The first kappa shape index (κ1) is 26.8. The highest BCUT2D eigenvalue weighted by molar-refractivity contribution is 6.07. The number of anilines is 3. The second-order valence-corrected chi connectivity index (χ2v) is 7.50. The van der Waals surface area contributed by atoms with E-state index in [9.17, 15) is 14.4 Å². The Hall–Kier alpha value is -4.46. The summed E-state index contributed by atoms with van der Waals surface area (Å²) in [6.45, 7) is 0.468. The quantitative estimate of drug-likeness (QED) is 0.136. The standard InChI is InChI=1S/C20H27N11O3.ClH/c1-29-9-11(21)6-13(29)18(33)26-12-7-14(30(2)10-12)19(34)27-16-8-15(31(3)28-16)17(32)24-4-5-25-20(22)23;/h6-10H,4-5,21H2,1-3H3,(H,24,32)(H,26,33)(H4,22,23,25)(H,27,28,34);1H. The summed E-state index contributed by atoms with van der Waals surface area (Å²) < 4.78 is 4.51. The summed E-state index contributed by atoms with van der Waals surface area (Å²) in [5.41, 5.74) is 18.0. The van der Waals surface area contributed by atoms with Gasteiger partial charge in [0.2, 0.25) is 0 Å². The van der Waals surface area contributed by atoms with E-state index in [2.05, 4.69) is 26.0 Å². The average molecular weight is 506 g/mol. The summed E-state index contributed by atoms with van der Waals surface area (Å²) in [7, 11) is 4.95. The molecule has 3 amide bonds. The summed E-state index contributed by atoms with van der Waals surface area (Å²) in [6, 6.07) is 4.53. The molecule has 3 aromatic rings. The number of aromatic nitrogens is 4. The molecule has 0 bridgehead atoms. The number of nitrogens with one attached hydrogen (secondary N) is 3. The number of carbonyl (C=O) groups excluding carboxylic acids is 3. The van der Waals surface area contributed by atoms with Crippen LogP contribution in [0.1, 0.15) is 31.5 Å². The van der Waals surface area contributed by atoms with Crippen LogP contribution in [0.5, 0.6) is 0 Å². The van der Waals surface area contributed by atoms with E-state index in [-0.39, 0.29) is 54.6 Å². The molecule has 0 fully saturated rings. The Morgan fingerprint density at radius 3 is 2.17 bits per heavy atom. The molecule has 0 radical (unpaired) electrons. The molecule has 0 saturated carbocycles. The summed E-state index contributed by atoms with van der Waals surface area (Å²) in [6.07, 6.45) is 3.23. The first-order chi connectivity index (χ1) is 16.0. The fourth-order valence-corrected chi connectivity index (χ4v) is 3.24. The molecule has 0 aliphatic heterocycles. The van der Waals surface area contributed by atoms with Gasteiger partial charge in [-0.05, 0) is 12.1 Å². The van der Waals surface area contributed by atoms with Gasteiger partial charge < -0.3 is 42.3 Å². The van der Waals surface area contributed by atoms with Crippen LogP contribution in [0.4, 0.5) is 17.2 Å². The number of aliphatic imine (C=N–C) groups is 1. The molecule has 0 aliphatic carbocycles. The molecule has 0 aromatic carbocycles. The number of hydrogen-bond donors (Lipinski definition) is 6. The van der Waals surface area contributed by atoms with Gasteiger partial charge in [-0.15, -0.1) is 12.4 Å². The molecular formula is C20H28ClN11O3. The molecule has 35 heavy (non-hydrogen) atoms. The molecule has 0 saturated heterocycles. The van der Waals surface area contributed by atoms with Gasteiger partial charge in [0.25, 0.3) is 17.7 Å². The maximum atomic E-state index is 12.8. The molecule has 3 rings (SSSR count). The number of amides is 3. The van der Waals surface area contributed by atoms with Crippen molar-refractivity contribution in [2.45, 2.75) is 0 Å². The molecular weight excluding hydrogens is 478 g/mol. The van der Waals surface area contributed by atoms with Crippen LogP contribution in [0.15, 0.2) is 35.6 Å². The predicted molar refractivity (Wildman–Crippen MR) is 135 cm³/mol. The van der Waals surface area contributed by atoms with Crippen LogP contribution in [0.3, 0.4) is 0 Å². The predicted octanol–water partition coefficient (Wildman–Crippen LogP) is -0.391. The van der Waals surface area contributed by atoms with Gasteiger partial charge in [0, 0.05) is 46.1 Å². The van der Waals surface area contributed by atoms with Crippen molar-refractivity contribution in [2.75, 3.05) is 29.5 Å². The lowest BCUT2D eigenvalue weighted by Crippen LogP contribution is -2.29. The smallest absolute Gasteiger partial charge is 0.273 e. The lowest BCUT2D eigenvalue weighted by atomic mass is 10.3. The number of nitrogen functional groups attached to an aromatic ring is 1. The molecule has 188 valence electrons. The second kappa shape index (κ2) is 11.1. The van der Waals surface area contributed by atoms with Gasteiger partial charge in [-0.1, -0.05) is 0 Å². The maximum absolute atomic E-state index is 12.8. The normalized spacial score (nSPS) is 10.3. The van der Waals surface area contributed by atoms with Crippen molar-refractivity contribution in [2.24, 2.45) is 37.6 Å². The van der Waals surface area contributed by atoms with E-state index in [0.29, 0.717) is 17.1 Å². The SMILES string of the molecule is Cl.Cn1cc(N)cc1C(=O)Nc1cc(C(=O)Nc2cc(C(=O)NCCN=C(N)N)n(C)n2)n(C)c1. The van der Waals surface area contributed by atoms with Gasteiger partial charge in [0.15, 0.2) is 11.8 Å². The number of carbonyl (C=O) groups is 3. The fraction of sp³-hybridized carbons (Fsp3) is 0.250. The Morgan fingerprint density at radius 2 is 1.54 bits per heavy atom. The summed E-state index contributed by atoms with van der Waals surface area (Å²) >= 11 is 0. The van der Waals surface area contributed by atoms with Gasteiger partial charge in [-0.3, -0.25) is 24.1 Å². The van der Waals surface area contributed by atoms with E-state index in [4.69, 9.17) is 17.2 Å². The molecule has 3 heterocycles.